The summed E-state index contributed by atoms with van der Waals surface area (Å²) >= 11 is 0. The van der Waals surface area contributed by atoms with Crippen LogP contribution in [0.15, 0.2) is 12.2 Å². The summed E-state index contributed by atoms with van der Waals surface area (Å²) in [4.78, 5) is 28.7. The molecule has 80 valence electrons. The first-order valence-electron chi connectivity index (χ1n) is 3.67. The van der Waals surface area contributed by atoms with E-state index in [0.717, 1.165) is 6.08 Å². The van der Waals surface area contributed by atoms with Crippen molar-refractivity contribution in [1.29, 1.82) is 0 Å². The van der Waals surface area contributed by atoms with Crippen LogP contribution in [0.4, 0.5) is 0 Å². The largest absolute Gasteiger partial charge is 1.00 e. The molecule has 0 aliphatic rings. The van der Waals surface area contributed by atoms with Crippen LogP contribution >= 0.6 is 0 Å². The number of carboxylic acid groups (broad SMARTS) is 3. The maximum atomic E-state index is 9.64. The van der Waals surface area contributed by atoms with Gasteiger partial charge in [0.2, 0.25) is 0 Å². The van der Waals surface area contributed by atoms with Crippen LogP contribution in [0.5, 0.6) is 0 Å². The summed E-state index contributed by atoms with van der Waals surface area (Å²) in [5, 5.41) is 25.2. The van der Waals surface area contributed by atoms with Crippen LogP contribution < -0.4 is 24.0 Å². The fraction of sp³-hybridized carbons (Fsp3) is 0.375. The minimum atomic E-state index is -1.14. The Morgan fingerprint density at radius 1 is 1.13 bits per heavy atom. The summed E-state index contributed by atoms with van der Waals surface area (Å²) in [6.45, 7) is 1.62. The van der Waals surface area contributed by atoms with Gasteiger partial charge in [0.25, 0.3) is 0 Å². The van der Waals surface area contributed by atoms with Gasteiger partial charge in [-0.3, -0.25) is 9.59 Å². The Balaban J connectivity index is -0.000000187. The Morgan fingerprint density at radius 3 is 1.53 bits per heavy atom. The summed E-state index contributed by atoms with van der Waals surface area (Å²) in [6.07, 6.45) is 1.79. The summed E-state index contributed by atoms with van der Waals surface area (Å²) in [5.74, 6) is -3.29. The molecule has 0 unspecified atom stereocenters. The molecule has 0 spiro atoms. The van der Waals surface area contributed by atoms with E-state index in [2.05, 4.69) is 0 Å². The second-order valence-electron chi connectivity index (χ2n) is 2.11. The first-order chi connectivity index (χ1) is 6.40. The number of rotatable bonds is 4. The number of allylic oxidation sites excluding steroid dienone is 1. The molecular formula is C8H11LiO6. The van der Waals surface area contributed by atoms with Crippen molar-refractivity contribution in [3.8, 4) is 0 Å². The molecule has 0 aromatic heterocycles. The molecule has 7 heteroatoms. The Morgan fingerprint density at radius 2 is 1.47 bits per heavy atom. The fourth-order valence-corrected chi connectivity index (χ4v) is 0.350. The van der Waals surface area contributed by atoms with Crippen molar-refractivity contribution < 1.29 is 48.6 Å². The van der Waals surface area contributed by atoms with Gasteiger partial charge in [-0.25, -0.2) is 0 Å². The third kappa shape index (κ3) is 32.3. The average molecular weight is 210 g/mol. The molecule has 0 aliphatic carbocycles. The van der Waals surface area contributed by atoms with Gasteiger partial charge < -0.3 is 20.1 Å². The molecule has 6 nitrogen and oxygen atoms in total. The summed E-state index contributed by atoms with van der Waals surface area (Å²) in [6, 6.07) is 0. The van der Waals surface area contributed by atoms with Crippen LogP contribution in [0.25, 0.3) is 0 Å². The second kappa shape index (κ2) is 12.7. The van der Waals surface area contributed by atoms with Crippen LogP contribution in [-0.4, -0.2) is 28.1 Å². The topological polar surface area (TPSA) is 115 Å². The van der Waals surface area contributed by atoms with Crippen LogP contribution in [-0.2, 0) is 14.4 Å². The fourth-order valence-electron chi connectivity index (χ4n) is 0.350. The third-order valence-corrected chi connectivity index (χ3v) is 0.855. The number of carboxylic acids is 3. The molecule has 0 saturated carbocycles. The van der Waals surface area contributed by atoms with Gasteiger partial charge in [-0.2, -0.15) is 0 Å². The van der Waals surface area contributed by atoms with Gasteiger partial charge in [-0.05, 0) is 13.0 Å². The van der Waals surface area contributed by atoms with Gasteiger partial charge in [0.1, 0.15) is 0 Å². The zero-order valence-electron chi connectivity index (χ0n) is 8.60. The number of carbonyl (C=O) groups is 3. The minimum Gasteiger partial charge on any atom is -0.545 e. The standard InChI is InChI=1S/C4H6O4.C4H6O2.Li/c5-3(6)1-2-4(7)8;1-2-3-4(5)6;/h1-2H2,(H,5,6)(H,7,8);2-3H,1H3,(H,5,6);/q;;+1/p-1. The first kappa shape index (κ1) is 19.3. The van der Waals surface area contributed by atoms with E-state index in [9.17, 15) is 19.5 Å². The molecule has 0 fully saturated rings. The van der Waals surface area contributed by atoms with Crippen molar-refractivity contribution in [3.63, 3.8) is 0 Å². The summed E-state index contributed by atoms with van der Waals surface area (Å²) < 4.78 is 0. The van der Waals surface area contributed by atoms with Crippen LogP contribution in [0.2, 0.25) is 0 Å². The van der Waals surface area contributed by atoms with Crippen LogP contribution in [0.1, 0.15) is 19.8 Å². The molecule has 15 heavy (non-hydrogen) atoms. The predicted molar refractivity (Wildman–Crippen MR) is 44.3 cm³/mol. The van der Waals surface area contributed by atoms with Gasteiger partial charge in [-0.15, -0.1) is 0 Å². The molecule has 0 rings (SSSR count). The molecule has 0 heterocycles. The molecule has 0 radical (unpaired) electrons. The SMILES string of the molecule is CC=CC(=O)[O-].O=C(O)CCC(=O)O.[Li+]. The monoisotopic (exact) mass is 210 g/mol. The molecule has 0 bridgehead atoms. The zero-order chi connectivity index (χ0) is 11.6. The number of hydrogen-bond donors (Lipinski definition) is 2. The van der Waals surface area contributed by atoms with Crippen molar-refractivity contribution in [2.45, 2.75) is 19.8 Å². The Hall–Kier alpha value is -1.25. The normalized spacial score (nSPS) is 8.33. The summed E-state index contributed by atoms with van der Waals surface area (Å²) in [5.41, 5.74) is 0. The van der Waals surface area contributed by atoms with Crippen LogP contribution in [0.3, 0.4) is 0 Å². The first-order valence-corrected chi connectivity index (χ1v) is 3.67. The molecule has 2 N–H and O–H groups in total. The predicted octanol–water partition coefficient (Wildman–Crippen LogP) is -3.75. The van der Waals surface area contributed by atoms with Gasteiger partial charge in [0, 0.05) is 0 Å². The van der Waals surface area contributed by atoms with E-state index in [1.165, 1.54) is 6.08 Å². The maximum absolute atomic E-state index is 9.64. The van der Waals surface area contributed by atoms with Crippen molar-refractivity contribution in [2.24, 2.45) is 0 Å². The minimum absolute atomic E-state index is 0. The third-order valence-electron chi connectivity index (χ3n) is 0.855. The van der Waals surface area contributed by atoms with Crippen molar-refractivity contribution >= 4 is 17.9 Å². The molecule has 0 saturated heterocycles. The van der Waals surface area contributed by atoms with Crippen molar-refractivity contribution in [2.75, 3.05) is 0 Å². The van der Waals surface area contributed by atoms with E-state index < -0.39 is 17.9 Å². The number of hydrogen-bond acceptors (Lipinski definition) is 4. The molecule has 0 atom stereocenters. The average Bonchev–Trinajstić information content (AvgIpc) is 2.01. The molecule has 0 amide bonds. The molecule has 0 aliphatic heterocycles. The van der Waals surface area contributed by atoms with Gasteiger partial charge in [0.05, 0.1) is 18.8 Å². The van der Waals surface area contributed by atoms with Gasteiger partial charge in [-0.1, -0.05) is 6.08 Å². The number of carbonyl (C=O) groups excluding carboxylic acids is 1. The smallest absolute Gasteiger partial charge is 0.545 e. The van der Waals surface area contributed by atoms with Crippen molar-refractivity contribution in [3.05, 3.63) is 12.2 Å². The van der Waals surface area contributed by atoms with E-state index in [-0.39, 0.29) is 31.7 Å². The molecule has 0 aromatic rings. The molecular weight excluding hydrogens is 199 g/mol. The van der Waals surface area contributed by atoms with E-state index in [1.807, 2.05) is 0 Å². The number of aliphatic carboxylic acids is 3. The second-order valence-corrected chi connectivity index (χ2v) is 2.11. The Bertz CT molecular complexity index is 221. The zero-order valence-corrected chi connectivity index (χ0v) is 8.60. The van der Waals surface area contributed by atoms with E-state index >= 15 is 0 Å². The maximum Gasteiger partial charge on any atom is 1.00 e. The van der Waals surface area contributed by atoms with E-state index in [1.54, 1.807) is 6.92 Å². The van der Waals surface area contributed by atoms with E-state index in [0.29, 0.717) is 0 Å². The van der Waals surface area contributed by atoms with Gasteiger partial charge in [0.15, 0.2) is 0 Å². The Labute approximate surface area is 98.8 Å². The van der Waals surface area contributed by atoms with Crippen molar-refractivity contribution in [1.82, 2.24) is 0 Å². The summed E-state index contributed by atoms with van der Waals surface area (Å²) in [7, 11) is 0. The van der Waals surface area contributed by atoms with Gasteiger partial charge >= 0.3 is 30.8 Å². The Kier molecular flexibility index (Phi) is 16.4. The van der Waals surface area contributed by atoms with E-state index in [4.69, 9.17) is 10.2 Å². The quantitative estimate of drug-likeness (QED) is 0.364. The molecule has 0 aromatic carbocycles. The van der Waals surface area contributed by atoms with Crippen LogP contribution in [0, 0.1) is 0 Å².